The fraction of sp³-hybridized carbons (Fsp3) is 0.632. The van der Waals surface area contributed by atoms with Gasteiger partial charge in [0, 0.05) is 38.3 Å². The summed E-state index contributed by atoms with van der Waals surface area (Å²) in [6.45, 7) is 2.67. The quantitative estimate of drug-likeness (QED) is 0.772. The molecule has 0 aromatic heterocycles. The van der Waals surface area contributed by atoms with Crippen LogP contribution in [0.1, 0.15) is 42.5 Å². The highest BCUT2D eigenvalue weighted by Gasteiger charge is 2.30. The van der Waals surface area contributed by atoms with Gasteiger partial charge in [0.1, 0.15) is 10.6 Å². The fourth-order valence-corrected chi connectivity index (χ4v) is 5.47. The third kappa shape index (κ3) is 4.79. The Morgan fingerprint density at radius 1 is 1.21 bits per heavy atom. The van der Waals surface area contributed by atoms with Crippen LogP contribution in [0.15, 0.2) is 23.1 Å². The van der Waals surface area contributed by atoms with E-state index in [4.69, 9.17) is 4.74 Å². The molecule has 1 aromatic carbocycles. The number of hydrogen-bond acceptors (Lipinski definition) is 5. The molecule has 158 valence electrons. The van der Waals surface area contributed by atoms with Crippen LogP contribution in [-0.2, 0) is 10.0 Å². The number of benzene rings is 1. The first-order valence-electron chi connectivity index (χ1n) is 9.61. The molecule has 2 heterocycles. The first-order valence-corrected chi connectivity index (χ1v) is 11.0. The van der Waals surface area contributed by atoms with Crippen molar-refractivity contribution in [1.82, 2.24) is 14.5 Å². The highest BCUT2D eigenvalue weighted by atomic mass is 35.5. The van der Waals surface area contributed by atoms with Crippen molar-refractivity contribution in [2.45, 2.75) is 43.0 Å². The van der Waals surface area contributed by atoms with E-state index in [0.717, 1.165) is 45.2 Å². The Hall–Kier alpha value is -1.35. The summed E-state index contributed by atoms with van der Waals surface area (Å²) in [6, 6.07) is 4.82. The summed E-state index contributed by atoms with van der Waals surface area (Å²) >= 11 is 0. The summed E-state index contributed by atoms with van der Waals surface area (Å²) in [5, 5.41) is 3.25. The lowest BCUT2D eigenvalue weighted by molar-refractivity contribution is 0.0743. The Labute approximate surface area is 173 Å². The van der Waals surface area contributed by atoms with Crippen molar-refractivity contribution in [2.24, 2.45) is 0 Å². The SMILES string of the molecule is COc1ccc(C(=O)N(C)C2CCNC2)cc1S(=O)(=O)N1CCCCCC1.Cl. The first kappa shape index (κ1) is 22.9. The largest absolute Gasteiger partial charge is 0.495 e. The zero-order valence-corrected chi connectivity index (χ0v) is 18.2. The topological polar surface area (TPSA) is 79.0 Å². The van der Waals surface area contributed by atoms with Crippen LogP contribution in [0.25, 0.3) is 0 Å². The van der Waals surface area contributed by atoms with Gasteiger partial charge < -0.3 is 15.0 Å². The Morgan fingerprint density at radius 2 is 1.89 bits per heavy atom. The molecule has 2 fully saturated rings. The minimum atomic E-state index is -3.70. The molecule has 0 spiro atoms. The predicted octanol–water partition coefficient (Wildman–Crippen LogP) is 2.12. The number of carbonyl (C=O) groups is 1. The minimum Gasteiger partial charge on any atom is -0.495 e. The Morgan fingerprint density at radius 3 is 2.46 bits per heavy atom. The minimum absolute atomic E-state index is 0. The number of amides is 1. The van der Waals surface area contributed by atoms with Crippen LogP contribution < -0.4 is 10.1 Å². The normalized spacial score (nSPS) is 20.9. The van der Waals surface area contributed by atoms with Crippen LogP contribution in [0, 0.1) is 0 Å². The van der Waals surface area contributed by atoms with E-state index in [1.54, 1.807) is 24.1 Å². The van der Waals surface area contributed by atoms with Crippen LogP contribution in [0.2, 0.25) is 0 Å². The second kappa shape index (κ2) is 9.91. The van der Waals surface area contributed by atoms with E-state index in [-0.39, 0.29) is 35.0 Å². The molecule has 2 saturated heterocycles. The molecular weight excluding hydrogens is 402 g/mol. The van der Waals surface area contributed by atoms with Gasteiger partial charge >= 0.3 is 0 Å². The molecule has 7 nitrogen and oxygen atoms in total. The predicted molar refractivity (Wildman–Crippen MR) is 111 cm³/mol. The summed E-state index contributed by atoms with van der Waals surface area (Å²) in [6.07, 6.45) is 4.70. The standard InChI is InChI=1S/C19H29N3O4S.ClH/c1-21(16-9-10-20-14-16)19(23)15-7-8-17(26-2)18(13-15)27(24,25)22-11-5-3-4-6-12-22;/h7-8,13,16,20H,3-6,9-12,14H2,1-2H3;1H. The number of carbonyl (C=O) groups excluding carboxylic acids is 1. The molecule has 0 saturated carbocycles. The van der Waals surface area contributed by atoms with Crippen molar-refractivity contribution in [3.8, 4) is 5.75 Å². The van der Waals surface area contributed by atoms with E-state index < -0.39 is 10.0 Å². The summed E-state index contributed by atoms with van der Waals surface area (Å²) < 4.78 is 33.3. The van der Waals surface area contributed by atoms with Gasteiger partial charge in [0.15, 0.2) is 0 Å². The molecule has 1 N–H and O–H groups in total. The number of sulfonamides is 1. The number of nitrogens with zero attached hydrogens (tertiary/aromatic N) is 2. The van der Waals surface area contributed by atoms with Crippen LogP contribution in [0.3, 0.4) is 0 Å². The molecule has 1 unspecified atom stereocenters. The van der Waals surface area contributed by atoms with Gasteiger partial charge in [0.25, 0.3) is 5.91 Å². The highest BCUT2D eigenvalue weighted by Crippen LogP contribution is 2.30. The van der Waals surface area contributed by atoms with Crippen LogP contribution in [-0.4, -0.2) is 69.9 Å². The van der Waals surface area contributed by atoms with Gasteiger partial charge in [-0.3, -0.25) is 4.79 Å². The Kier molecular flexibility index (Phi) is 8.12. The second-order valence-corrected chi connectivity index (χ2v) is 9.15. The molecule has 1 amide bonds. The first-order chi connectivity index (χ1) is 12.9. The molecule has 1 atom stereocenters. The van der Waals surface area contributed by atoms with Crippen molar-refractivity contribution < 1.29 is 17.9 Å². The molecule has 0 radical (unpaired) electrons. The molecule has 0 bridgehead atoms. The lowest BCUT2D eigenvalue weighted by Gasteiger charge is -2.25. The van der Waals surface area contributed by atoms with E-state index in [1.807, 2.05) is 0 Å². The smallest absolute Gasteiger partial charge is 0.253 e. The molecule has 1 aromatic rings. The number of methoxy groups -OCH3 is 1. The van der Waals surface area contributed by atoms with Crippen molar-refractivity contribution >= 4 is 28.3 Å². The summed E-state index contributed by atoms with van der Waals surface area (Å²) in [7, 11) is -0.480. The van der Waals surface area contributed by atoms with E-state index in [2.05, 4.69) is 5.32 Å². The van der Waals surface area contributed by atoms with Crippen molar-refractivity contribution in [3.63, 3.8) is 0 Å². The van der Waals surface area contributed by atoms with E-state index >= 15 is 0 Å². The maximum Gasteiger partial charge on any atom is 0.253 e. The van der Waals surface area contributed by atoms with Crippen molar-refractivity contribution in [2.75, 3.05) is 40.3 Å². The zero-order chi connectivity index (χ0) is 19.4. The van der Waals surface area contributed by atoms with Gasteiger partial charge in [0.05, 0.1) is 7.11 Å². The van der Waals surface area contributed by atoms with E-state index in [9.17, 15) is 13.2 Å². The van der Waals surface area contributed by atoms with E-state index in [0.29, 0.717) is 18.7 Å². The number of ether oxygens (including phenoxy) is 1. The van der Waals surface area contributed by atoms with Crippen molar-refractivity contribution in [1.29, 1.82) is 0 Å². The number of rotatable bonds is 5. The van der Waals surface area contributed by atoms with E-state index in [1.165, 1.54) is 17.5 Å². The van der Waals surface area contributed by atoms with Crippen molar-refractivity contribution in [3.05, 3.63) is 23.8 Å². The van der Waals surface area contributed by atoms with Crippen LogP contribution in [0.4, 0.5) is 0 Å². The maximum atomic E-state index is 13.2. The molecule has 2 aliphatic heterocycles. The monoisotopic (exact) mass is 431 g/mol. The lowest BCUT2D eigenvalue weighted by atomic mass is 10.1. The fourth-order valence-electron chi connectivity index (χ4n) is 3.77. The van der Waals surface area contributed by atoms with Gasteiger partial charge in [0.2, 0.25) is 10.0 Å². The molecule has 3 rings (SSSR count). The molecular formula is C19H30ClN3O4S. The van der Waals surface area contributed by atoms with Gasteiger partial charge in [-0.05, 0) is 44.0 Å². The molecule has 2 aliphatic rings. The van der Waals surface area contributed by atoms with Crippen LogP contribution in [0.5, 0.6) is 5.75 Å². The summed E-state index contributed by atoms with van der Waals surface area (Å²) in [5.74, 6) is 0.111. The summed E-state index contributed by atoms with van der Waals surface area (Å²) in [5.41, 5.74) is 0.374. The van der Waals surface area contributed by atoms with Gasteiger partial charge in [-0.25, -0.2) is 8.42 Å². The van der Waals surface area contributed by atoms with Crippen LogP contribution >= 0.6 is 12.4 Å². The third-order valence-corrected chi connectivity index (χ3v) is 7.42. The van der Waals surface area contributed by atoms with Gasteiger partial charge in [-0.15, -0.1) is 12.4 Å². The number of halogens is 1. The van der Waals surface area contributed by atoms with Gasteiger partial charge in [-0.1, -0.05) is 12.8 Å². The van der Waals surface area contributed by atoms with Gasteiger partial charge in [-0.2, -0.15) is 4.31 Å². The maximum absolute atomic E-state index is 13.2. The highest BCUT2D eigenvalue weighted by molar-refractivity contribution is 7.89. The zero-order valence-electron chi connectivity index (χ0n) is 16.5. The molecule has 9 heteroatoms. The Bertz CT molecular complexity index is 773. The molecule has 0 aliphatic carbocycles. The number of likely N-dealkylation sites (N-methyl/N-ethyl adjacent to an activating group) is 1. The summed E-state index contributed by atoms with van der Waals surface area (Å²) in [4.78, 5) is 14.7. The second-order valence-electron chi connectivity index (χ2n) is 7.25. The average molecular weight is 432 g/mol. The molecule has 28 heavy (non-hydrogen) atoms. The number of nitrogens with one attached hydrogen (secondary N) is 1. The number of hydrogen-bond donors (Lipinski definition) is 1. The third-order valence-electron chi connectivity index (χ3n) is 5.50. The lowest BCUT2D eigenvalue weighted by Crippen LogP contribution is -2.38. The Balaban J connectivity index is 0.00000280. The average Bonchev–Trinajstić information content (AvgIpc) is 3.07.